The van der Waals surface area contributed by atoms with Gasteiger partial charge in [-0.05, 0) is 88.0 Å². The Kier molecular flexibility index (Phi) is 8.79. The van der Waals surface area contributed by atoms with Gasteiger partial charge < -0.3 is 4.90 Å². The topological polar surface area (TPSA) is 49.4 Å². The summed E-state index contributed by atoms with van der Waals surface area (Å²) in [6.45, 7) is 4.39. The summed E-state index contributed by atoms with van der Waals surface area (Å²) in [5, 5.41) is 0. The Morgan fingerprint density at radius 1 is 1.00 bits per heavy atom. The molecule has 2 aromatic carbocycles. The first-order valence-corrected chi connectivity index (χ1v) is 13.0. The highest BCUT2D eigenvalue weighted by Gasteiger charge is 2.25. The monoisotopic (exact) mass is 464 g/mol. The van der Waals surface area contributed by atoms with Crippen LogP contribution in [-0.4, -0.2) is 39.5 Å². The van der Waals surface area contributed by atoms with Crippen molar-refractivity contribution in [3.63, 3.8) is 0 Å². The van der Waals surface area contributed by atoms with E-state index in [0.29, 0.717) is 11.5 Å². The molecule has 0 amide bonds. The summed E-state index contributed by atoms with van der Waals surface area (Å²) in [6.07, 6.45) is 7.49. The van der Waals surface area contributed by atoms with Crippen molar-refractivity contribution >= 4 is 10.0 Å². The third-order valence-corrected chi connectivity index (χ3v) is 8.05. The number of hydrogen-bond acceptors (Lipinski definition) is 3. The van der Waals surface area contributed by atoms with Gasteiger partial charge in [0.25, 0.3) is 0 Å². The van der Waals surface area contributed by atoms with Crippen molar-refractivity contribution in [1.29, 1.82) is 0 Å². The maximum absolute atomic E-state index is 14.0. The van der Waals surface area contributed by atoms with Crippen LogP contribution in [0.3, 0.4) is 0 Å². The van der Waals surface area contributed by atoms with Gasteiger partial charge >= 0.3 is 0 Å². The van der Waals surface area contributed by atoms with Gasteiger partial charge in [-0.1, -0.05) is 31.9 Å². The molecular weight excluding hydrogens is 430 g/mol. The highest BCUT2D eigenvalue weighted by molar-refractivity contribution is 7.89. The minimum absolute atomic E-state index is 0.0447. The van der Waals surface area contributed by atoms with Crippen LogP contribution in [0.1, 0.15) is 51.9 Å². The molecule has 2 aromatic rings. The van der Waals surface area contributed by atoms with Crippen LogP contribution in [0, 0.1) is 17.6 Å². The second-order valence-electron chi connectivity index (χ2n) is 8.88. The molecule has 1 saturated carbocycles. The third-order valence-electron chi connectivity index (χ3n) is 6.52. The Morgan fingerprint density at radius 3 is 2.31 bits per heavy atom. The van der Waals surface area contributed by atoms with Crippen LogP contribution in [0.5, 0.6) is 0 Å². The van der Waals surface area contributed by atoms with Gasteiger partial charge in [-0.25, -0.2) is 21.9 Å². The Bertz CT molecular complexity index is 972. The standard InChI is InChI=1S/C25H34F2N2O2S/c1-3-29(2)17-5-4-6-19-7-12-22(13-8-19)28-32(30,31)23-14-9-20(10-15-23)24-16-11-21(26)18-25(24)27/h9-11,14-16,18-19,22,28H,3-8,12-13,17H2,1-2H3. The lowest BCUT2D eigenvalue weighted by Crippen LogP contribution is -2.37. The zero-order valence-electron chi connectivity index (χ0n) is 19.0. The summed E-state index contributed by atoms with van der Waals surface area (Å²) in [5.74, 6) is -0.631. The van der Waals surface area contributed by atoms with Crippen LogP contribution in [0.2, 0.25) is 0 Å². The largest absolute Gasteiger partial charge is 0.307 e. The predicted molar refractivity (Wildman–Crippen MR) is 125 cm³/mol. The molecule has 1 aliphatic carbocycles. The van der Waals surface area contributed by atoms with Crippen LogP contribution >= 0.6 is 0 Å². The van der Waals surface area contributed by atoms with Crippen molar-refractivity contribution in [2.75, 3.05) is 20.1 Å². The fourth-order valence-electron chi connectivity index (χ4n) is 4.37. The van der Waals surface area contributed by atoms with E-state index in [-0.39, 0.29) is 16.5 Å². The Morgan fingerprint density at radius 2 is 1.69 bits per heavy atom. The molecule has 0 heterocycles. The summed E-state index contributed by atoms with van der Waals surface area (Å²) < 4.78 is 55.6. The van der Waals surface area contributed by atoms with Gasteiger partial charge in [0, 0.05) is 17.7 Å². The van der Waals surface area contributed by atoms with Crippen LogP contribution in [-0.2, 0) is 10.0 Å². The molecule has 0 radical (unpaired) electrons. The second kappa shape index (κ2) is 11.3. The summed E-state index contributed by atoms with van der Waals surface area (Å²) in [7, 11) is -1.49. The van der Waals surface area contributed by atoms with Crippen LogP contribution in [0.4, 0.5) is 8.78 Å². The van der Waals surface area contributed by atoms with Crippen LogP contribution in [0.15, 0.2) is 47.4 Å². The molecule has 1 N–H and O–H groups in total. The van der Waals surface area contributed by atoms with Gasteiger partial charge in [0.2, 0.25) is 10.0 Å². The van der Waals surface area contributed by atoms with Gasteiger partial charge in [0.1, 0.15) is 11.6 Å². The lowest BCUT2D eigenvalue weighted by Gasteiger charge is -2.29. The molecule has 0 spiro atoms. The highest BCUT2D eigenvalue weighted by Crippen LogP contribution is 2.30. The maximum Gasteiger partial charge on any atom is 0.240 e. The number of rotatable bonds is 10. The summed E-state index contributed by atoms with van der Waals surface area (Å²) in [6, 6.07) is 9.37. The SMILES string of the molecule is CCN(C)CCCCC1CCC(NS(=O)(=O)c2ccc(-c3ccc(F)cc3F)cc2)CC1. The summed E-state index contributed by atoms with van der Waals surface area (Å²) >= 11 is 0. The van der Waals surface area contributed by atoms with E-state index in [4.69, 9.17) is 0 Å². The van der Waals surface area contributed by atoms with E-state index in [0.717, 1.165) is 44.8 Å². The molecule has 0 atom stereocenters. The molecule has 1 fully saturated rings. The van der Waals surface area contributed by atoms with Gasteiger partial charge in [-0.3, -0.25) is 0 Å². The number of benzene rings is 2. The molecule has 176 valence electrons. The molecule has 3 rings (SSSR count). The van der Waals surface area contributed by atoms with E-state index in [1.807, 2.05) is 0 Å². The van der Waals surface area contributed by atoms with Crippen molar-refractivity contribution in [3.05, 3.63) is 54.1 Å². The second-order valence-corrected chi connectivity index (χ2v) is 10.6. The van der Waals surface area contributed by atoms with E-state index in [2.05, 4.69) is 23.6 Å². The lowest BCUT2D eigenvalue weighted by atomic mass is 9.83. The average Bonchev–Trinajstić information content (AvgIpc) is 2.77. The molecule has 4 nitrogen and oxygen atoms in total. The fourth-order valence-corrected chi connectivity index (χ4v) is 5.67. The van der Waals surface area contributed by atoms with Crippen molar-refractivity contribution < 1.29 is 17.2 Å². The van der Waals surface area contributed by atoms with Gasteiger partial charge in [0.15, 0.2) is 0 Å². The Balaban J connectivity index is 1.50. The van der Waals surface area contributed by atoms with Crippen molar-refractivity contribution in [2.24, 2.45) is 5.92 Å². The average molecular weight is 465 g/mol. The van der Waals surface area contributed by atoms with Crippen molar-refractivity contribution in [1.82, 2.24) is 9.62 Å². The van der Waals surface area contributed by atoms with Crippen LogP contribution < -0.4 is 4.72 Å². The number of nitrogens with one attached hydrogen (secondary N) is 1. The van der Waals surface area contributed by atoms with E-state index >= 15 is 0 Å². The normalized spacial score (nSPS) is 19.4. The minimum atomic E-state index is -3.64. The zero-order valence-corrected chi connectivity index (χ0v) is 19.8. The Hall–Kier alpha value is -1.83. The van der Waals surface area contributed by atoms with Gasteiger partial charge in [-0.15, -0.1) is 0 Å². The molecule has 0 unspecified atom stereocenters. The Labute approximate surface area is 191 Å². The third kappa shape index (κ3) is 6.83. The lowest BCUT2D eigenvalue weighted by molar-refractivity contribution is 0.282. The number of unbranched alkanes of at least 4 members (excludes halogenated alkanes) is 1. The molecule has 7 heteroatoms. The first-order chi connectivity index (χ1) is 15.3. The van der Waals surface area contributed by atoms with Crippen molar-refractivity contribution in [3.8, 4) is 11.1 Å². The fraction of sp³-hybridized carbons (Fsp3) is 0.520. The summed E-state index contributed by atoms with van der Waals surface area (Å²) in [5.41, 5.74) is 0.745. The van der Waals surface area contributed by atoms with E-state index < -0.39 is 21.7 Å². The summed E-state index contributed by atoms with van der Waals surface area (Å²) in [4.78, 5) is 2.49. The quantitative estimate of drug-likeness (QED) is 0.466. The van der Waals surface area contributed by atoms with Crippen LogP contribution in [0.25, 0.3) is 11.1 Å². The van der Waals surface area contributed by atoms with E-state index in [9.17, 15) is 17.2 Å². The van der Waals surface area contributed by atoms with E-state index in [1.165, 1.54) is 43.5 Å². The van der Waals surface area contributed by atoms with Gasteiger partial charge in [0.05, 0.1) is 4.90 Å². The van der Waals surface area contributed by atoms with E-state index in [1.54, 1.807) is 12.1 Å². The first kappa shape index (κ1) is 24.8. The molecule has 0 bridgehead atoms. The number of sulfonamides is 1. The smallest absolute Gasteiger partial charge is 0.240 e. The highest BCUT2D eigenvalue weighted by atomic mass is 32.2. The predicted octanol–water partition coefficient (Wildman–Crippen LogP) is 5.59. The molecule has 1 aliphatic rings. The molecular formula is C25H34F2N2O2S. The number of hydrogen-bond donors (Lipinski definition) is 1. The number of halogens is 2. The molecule has 0 aliphatic heterocycles. The zero-order chi connectivity index (χ0) is 23.1. The number of nitrogens with zero attached hydrogens (tertiary/aromatic N) is 1. The minimum Gasteiger partial charge on any atom is -0.307 e. The molecule has 0 saturated heterocycles. The maximum atomic E-state index is 14.0. The van der Waals surface area contributed by atoms with Crippen molar-refractivity contribution in [2.45, 2.75) is 62.8 Å². The van der Waals surface area contributed by atoms with Gasteiger partial charge in [-0.2, -0.15) is 0 Å². The molecule has 0 aromatic heterocycles. The molecule has 32 heavy (non-hydrogen) atoms. The first-order valence-electron chi connectivity index (χ1n) is 11.5.